The fraction of sp³-hybridized carbons (Fsp3) is 0.355. The molecule has 0 saturated heterocycles. The second-order valence-electron chi connectivity index (χ2n) is 11.9. The number of hydrogen-bond acceptors (Lipinski definition) is 5. The highest BCUT2D eigenvalue weighted by molar-refractivity contribution is 6.72. The summed E-state index contributed by atoms with van der Waals surface area (Å²) >= 11 is 6.47. The van der Waals surface area contributed by atoms with E-state index in [1.165, 1.54) is 23.9 Å². The molecule has 0 amide bonds. The maximum atomic E-state index is 14.4. The number of imidazole rings is 1. The van der Waals surface area contributed by atoms with Crippen LogP contribution in [0.2, 0.25) is 23.2 Å². The van der Waals surface area contributed by atoms with E-state index in [0.717, 1.165) is 23.5 Å². The van der Waals surface area contributed by atoms with Gasteiger partial charge in [0.1, 0.15) is 11.4 Å². The van der Waals surface area contributed by atoms with Crippen LogP contribution >= 0.6 is 11.6 Å². The topological polar surface area (TPSA) is 81.3 Å². The van der Waals surface area contributed by atoms with Crippen LogP contribution in [-0.4, -0.2) is 34.3 Å². The smallest absolute Gasteiger partial charge is 0.274 e. The number of ether oxygens (including phenoxy) is 1. The quantitative estimate of drug-likeness (QED) is 0.130. The summed E-state index contributed by atoms with van der Waals surface area (Å²) in [6, 6.07) is 7.71. The van der Waals surface area contributed by atoms with Gasteiger partial charge < -0.3 is 24.0 Å². The van der Waals surface area contributed by atoms with Crippen molar-refractivity contribution in [2.24, 2.45) is 0 Å². The number of nitrogens with one attached hydrogen (secondary N) is 1. The summed E-state index contributed by atoms with van der Waals surface area (Å²) in [5.41, 5.74) is 1.84. The molecule has 2 aromatic heterocycles. The van der Waals surface area contributed by atoms with Crippen LogP contribution in [-0.2, 0) is 0 Å². The van der Waals surface area contributed by atoms with Crippen LogP contribution < -0.4 is 15.6 Å². The summed E-state index contributed by atoms with van der Waals surface area (Å²) < 4.78 is 51.3. The van der Waals surface area contributed by atoms with Gasteiger partial charge in [-0.1, -0.05) is 31.9 Å². The van der Waals surface area contributed by atoms with Gasteiger partial charge in [0, 0.05) is 24.1 Å². The van der Waals surface area contributed by atoms with Crippen molar-refractivity contribution in [3.63, 3.8) is 0 Å². The number of aromatic nitrogens is 3. The number of aryl methyl sites for hydroxylation is 1. The second kappa shape index (κ2) is 12.6. The molecule has 0 fully saturated rings. The Kier molecular flexibility index (Phi) is 9.48. The maximum Gasteiger partial charge on any atom is 0.274 e. The molecule has 0 radical (unpaired) electrons. The summed E-state index contributed by atoms with van der Waals surface area (Å²) in [6.45, 7) is 9.54. The first kappa shape index (κ1) is 32.4. The highest BCUT2D eigenvalue weighted by Gasteiger charge is 2.37. The van der Waals surface area contributed by atoms with Gasteiger partial charge in [-0.25, -0.2) is 18.2 Å². The summed E-state index contributed by atoms with van der Waals surface area (Å²) in [4.78, 5) is 28.8. The Morgan fingerprint density at radius 1 is 1.12 bits per heavy atom. The highest BCUT2D eigenvalue weighted by atomic mass is 35.5. The number of benzene rings is 2. The zero-order chi connectivity index (χ0) is 31.7. The molecule has 0 aliphatic rings. The lowest BCUT2D eigenvalue weighted by molar-refractivity contribution is 0.411. The first-order valence-corrected chi connectivity index (χ1v) is 17.2. The molecule has 0 aliphatic heterocycles. The summed E-state index contributed by atoms with van der Waals surface area (Å²) in [7, 11) is -0.996. The van der Waals surface area contributed by atoms with E-state index in [1.807, 2.05) is 50.7 Å². The normalized spacial score (nSPS) is 12.8. The second-order valence-corrected chi connectivity index (χ2v) is 16.8. The van der Waals surface area contributed by atoms with Crippen LogP contribution in [0.25, 0.3) is 5.69 Å². The molecule has 12 heteroatoms. The first-order valence-electron chi connectivity index (χ1n) is 13.9. The van der Waals surface area contributed by atoms with Crippen molar-refractivity contribution in [3.8, 4) is 11.4 Å². The van der Waals surface area contributed by atoms with Gasteiger partial charge in [-0.2, -0.15) is 0 Å². The molecule has 0 bridgehead atoms. The Balaban J connectivity index is 1.73. The number of pyridine rings is 1. The molecule has 0 spiro atoms. The highest BCUT2D eigenvalue weighted by Crippen LogP contribution is 2.41. The third-order valence-corrected chi connectivity index (χ3v) is 11.9. The van der Waals surface area contributed by atoms with Crippen molar-refractivity contribution in [3.05, 3.63) is 99.2 Å². The monoisotopic (exact) mass is 632 g/mol. The van der Waals surface area contributed by atoms with E-state index in [-0.39, 0.29) is 27.7 Å². The minimum absolute atomic E-state index is 0.0895. The average Bonchev–Trinajstić information content (AvgIpc) is 3.36. The standard InChI is InChI=1S/C31H36ClF3N4O3Si/c1-19-16-38(18-36-19)27-10-9-22(15-28(27)42-4)37-25-14-21(32)17-39(30(25)40)26(8-7-11-31(2,3)43(5,6)41)20-12-23(33)29(35)24(34)13-20/h9-10,12-18,26,37,41H,7-8,11H2,1-6H3. The van der Waals surface area contributed by atoms with Gasteiger partial charge in [-0.15, -0.1) is 0 Å². The lowest BCUT2D eigenvalue weighted by atomic mass is 9.96. The average molecular weight is 633 g/mol. The van der Waals surface area contributed by atoms with Crippen molar-refractivity contribution in [1.82, 2.24) is 14.1 Å². The third kappa shape index (κ3) is 7.17. The maximum absolute atomic E-state index is 14.4. The zero-order valence-corrected chi connectivity index (χ0v) is 26.8. The summed E-state index contributed by atoms with van der Waals surface area (Å²) in [5.74, 6) is -3.76. The lowest BCUT2D eigenvalue weighted by Gasteiger charge is -2.35. The SMILES string of the molecule is COc1cc(Nc2cc(Cl)cn(C(CCCC(C)(C)[Si](C)(C)O)c3cc(F)c(F)c(F)c3)c2=O)ccc1-n1cnc(C)c1. The minimum Gasteiger partial charge on any atom is -0.494 e. The molecule has 1 atom stereocenters. The molecular formula is C31H36ClF3N4O3Si. The van der Waals surface area contributed by atoms with Gasteiger partial charge in [-0.3, -0.25) is 4.79 Å². The molecule has 4 rings (SSSR count). The van der Waals surface area contributed by atoms with Crippen LogP contribution in [0.15, 0.2) is 59.9 Å². The fourth-order valence-corrected chi connectivity index (χ4v) is 5.85. The molecule has 43 heavy (non-hydrogen) atoms. The van der Waals surface area contributed by atoms with Crippen molar-refractivity contribution < 1.29 is 22.7 Å². The number of rotatable bonds is 11. The van der Waals surface area contributed by atoms with Crippen molar-refractivity contribution in [1.29, 1.82) is 0 Å². The molecule has 2 heterocycles. The van der Waals surface area contributed by atoms with E-state index < -0.39 is 37.4 Å². The molecular weight excluding hydrogens is 597 g/mol. The fourth-order valence-electron chi connectivity index (χ4n) is 4.84. The van der Waals surface area contributed by atoms with Gasteiger partial charge in [0.2, 0.25) is 0 Å². The van der Waals surface area contributed by atoms with Crippen LogP contribution in [0.3, 0.4) is 0 Å². The molecule has 230 valence electrons. The summed E-state index contributed by atoms with van der Waals surface area (Å²) in [6.07, 6.45) is 6.33. The number of anilines is 2. The largest absolute Gasteiger partial charge is 0.494 e. The van der Waals surface area contributed by atoms with Crippen LogP contribution in [0.5, 0.6) is 5.75 Å². The van der Waals surface area contributed by atoms with Crippen LogP contribution in [0, 0.1) is 24.4 Å². The third-order valence-electron chi connectivity index (χ3n) is 8.12. The molecule has 2 aromatic carbocycles. The number of methoxy groups -OCH3 is 1. The Bertz CT molecular complexity index is 1660. The molecule has 2 N–H and O–H groups in total. The minimum atomic E-state index is -2.53. The predicted octanol–water partition coefficient (Wildman–Crippen LogP) is 7.90. The lowest BCUT2D eigenvalue weighted by Crippen LogP contribution is -2.39. The van der Waals surface area contributed by atoms with E-state index in [1.54, 1.807) is 18.5 Å². The molecule has 4 aromatic rings. The van der Waals surface area contributed by atoms with Gasteiger partial charge in [0.15, 0.2) is 25.8 Å². The van der Waals surface area contributed by atoms with Crippen molar-refractivity contribution in [2.45, 2.75) is 64.2 Å². The van der Waals surface area contributed by atoms with Crippen molar-refractivity contribution >= 4 is 31.3 Å². The van der Waals surface area contributed by atoms with Gasteiger partial charge in [-0.05, 0) is 73.8 Å². The van der Waals surface area contributed by atoms with Gasteiger partial charge >= 0.3 is 0 Å². The van der Waals surface area contributed by atoms with Gasteiger partial charge in [0.05, 0.1) is 35.9 Å². The van der Waals surface area contributed by atoms with E-state index in [0.29, 0.717) is 24.3 Å². The molecule has 7 nitrogen and oxygen atoms in total. The number of hydrogen-bond donors (Lipinski definition) is 2. The molecule has 0 aliphatic carbocycles. The number of halogens is 4. The van der Waals surface area contributed by atoms with E-state index in [9.17, 15) is 22.8 Å². The van der Waals surface area contributed by atoms with E-state index in [4.69, 9.17) is 16.3 Å². The molecule has 0 saturated carbocycles. The van der Waals surface area contributed by atoms with Crippen LogP contribution in [0.1, 0.15) is 50.4 Å². The Morgan fingerprint density at radius 3 is 2.37 bits per heavy atom. The van der Waals surface area contributed by atoms with E-state index >= 15 is 0 Å². The van der Waals surface area contributed by atoms with E-state index in [2.05, 4.69) is 10.3 Å². The number of nitrogens with zero attached hydrogens (tertiary/aromatic N) is 3. The zero-order valence-electron chi connectivity index (χ0n) is 25.0. The molecule has 1 unspecified atom stereocenters. The Morgan fingerprint density at radius 2 is 1.79 bits per heavy atom. The van der Waals surface area contributed by atoms with Gasteiger partial charge in [0.25, 0.3) is 5.56 Å². The Hall–Kier alpha value is -3.54. The predicted molar refractivity (Wildman–Crippen MR) is 166 cm³/mol. The first-order chi connectivity index (χ1) is 20.1. The Labute approximate surface area is 255 Å². The van der Waals surface area contributed by atoms with Crippen molar-refractivity contribution in [2.75, 3.05) is 12.4 Å². The summed E-state index contributed by atoms with van der Waals surface area (Å²) in [5, 5.41) is 2.94. The van der Waals surface area contributed by atoms with Crippen LogP contribution in [0.4, 0.5) is 24.5 Å².